The van der Waals surface area contributed by atoms with Crippen LogP contribution >= 0.6 is 0 Å². The van der Waals surface area contributed by atoms with E-state index in [1.165, 1.54) is 31.2 Å². The summed E-state index contributed by atoms with van der Waals surface area (Å²) >= 11 is 0. The summed E-state index contributed by atoms with van der Waals surface area (Å²) in [7, 11) is 0. The van der Waals surface area contributed by atoms with Gasteiger partial charge in [-0.2, -0.15) is 0 Å². The number of nitrogens with one attached hydrogen (secondary N) is 2. The fourth-order valence-corrected chi connectivity index (χ4v) is 3.14. The van der Waals surface area contributed by atoms with Crippen LogP contribution in [0.2, 0.25) is 0 Å². The predicted octanol–water partition coefficient (Wildman–Crippen LogP) is 3.85. The zero-order chi connectivity index (χ0) is 16.8. The van der Waals surface area contributed by atoms with Crippen LogP contribution in [0.1, 0.15) is 55.1 Å². The number of benzene rings is 1. The van der Waals surface area contributed by atoms with E-state index in [4.69, 9.17) is 0 Å². The molecule has 1 amide bonds. The largest absolute Gasteiger partial charge is 0.348 e. The lowest BCUT2D eigenvalue weighted by molar-refractivity contribution is 0.0922. The first kappa shape index (κ1) is 16.4. The van der Waals surface area contributed by atoms with Gasteiger partial charge in [-0.3, -0.25) is 4.79 Å². The van der Waals surface area contributed by atoms with Crippen molar-refractivity contribution < 1.29 is 4.79 Å². The second-order valence-electron chi connectivity index (χ2n) is 6.23. The monoisotopic (exact) mass is 324 g/mol. The van der Waals surface area contributed by atoms with Gasteiger partial charge in [-0.1, -0.05) is 44.4 Å². The second-order valence-corrected chi connectivity index (χ2v) is 6.23. The summed E-state index contributed by atoms with van der Waals surface area (Å²) in [5.74, 6) is 0.524. The Morgan fingerprint density at radius 3 is 2.75 bits per heavy atom. The Labute approximate surface area is 142 Å². The van der Waals surface area contributed by atoms with E-state index in [0.717, 1.165) is 24.9 Å². The molecule has 1 saturated carbocycles. The maximum absolute atomic E-state index is 12.4. The van der Waals surface area contributed by atoms with Crippen molar-refractivity contribution in [2.45, 2.75) is 51.5 Å². The van der Waals surface area contributed by atoms with Gasteiger partial charge in [-0.25, -0.2) is 9.97 Å². The summed E-state index contributed by atoms with van der Waals surface area (Å²) in [5, 5.41) is 6.38. The first-order valence-electron chi connectivity index (χ1n) is 8.74. The number of aryl methyl sites for hydroxylation is 1. The molecule has 0 radical (unpaired) electrons. The Bertz CT molecular complexity index is 695. The average Bonchev–Trinajstić information content (AvgIpc) is 2.63. The van der Waals surface area contributed by atoms with Gasteiger partial charge in [0, 0.05) is 17.8 Å². The van der Waals surface area contributed by atoms with Gasteiger partial charge < -0.3 is 10.6 Å². The molecular formula is C19H24N4O. The number of para-hydroxylation sites is 1. The number of nitrogens with zero attached hydrogens (tertiary/aromatic N) is 2. The van der Waals surface area contributed by atoms with Gasteiger partial charge in [0.25, 0.3) is 5.91 Å². The molecule has 1 aromatic carbocycles. The predicted molar refractivity (Wildman–Crippen MR) is 95.5 cm³/mol. The van der Waals surface area contributed by atoms with Gasteiger partial charge in [0.1, 0.15) is 17.8 Å². The van der Waals surface area contributed by atoms with Crippen molar-refractivity contribution in [3.8, 4) is 0 Å². The van der Waals surface area contributed by atoms with E-state index in [9.17, 15) is 4.79 Å². The highest BCUT2D eigenvalue weighted by molar-refractivity contribution is 5.93. The van der Waals surface area contributed by atoms with Crippen LogP contribution in [0, 0.1) is 0 Å². The Morgan fingerprint density at radius 1 is 1.17 bits per heavy atom. The SMILES string of the molecule is CCc1ccccc1Nc1cc(C(=O)NC2CCCCC2)ncn1. The van der Waals surface area contributed by atoms with E-state index in [2.05, 4.69) is 33.6 Å². The summed E-state index contributed by atoms with van der Waals surface area (Å²) in [6.45, 7) is 2.11. The van der Waals surface area contributed by atoms with Crippen LogP contribution in [0.15, 0.2) is 36.7 Å². The Kier molecular flexibility index (Phi) is 5.41. The van der Waals surface area contributed by atoms with Crippen LogP contribution in [-0.4, -0.2) is 21.9 Å². The molecule has 5 nitrogen and oxygen atoms in total. The van der Waals surface area contributed by atoms with Gasteiger partial charge in [0.15, 0.2) is 0 Å². The molecular weight excluding hydrogens is 300 g/mol. The number of hydrogen-bond acceptors (Lipinski definition) is 4. The highest BCUT2D eigenvalue weighted by atomic mass is 16.1. The van der Waals surface area contributed by atoms with Gasteiger partial charge in [-0.15, -0.1) is 0 Å². The molecule has 1 aliphatic carbocycles. The van der Waals surface area contributed by atoms with E-state index in [0.29, 0.717) is 11.5 Å². The van der Waals surface area contributed by atoms with Gasteiger partial charge in [0.2, 0.25) is 0 Å². The van der Waals surface area contributed by atoms with Crippen molar-refractivity contribution in [2.24, 2.45) is 0 Å². The van der Waals surface area contributed by atoms with E-state index < -0.39 is 0 Å². The smallest absolute Gasteiger partial charge is 0.270 e. The maximum atomic E-state index is 12.4. The fourth-order valence-electron chi connectivity index (χ4n) is 3.14. The molecule has 1 fully saturated rings. The molecule has 1 aromatic heterocycles. The number of amides is 1. The third-order valence-electron chi connectivity index (χ3n) is 4.50. The zero-order valence-corrected chi connectivity index (χ0v) is 14.1. The van der Waals surface area contributed by atoms with Crippen molar-refractivity contribution in [1.82, 2.24) is 15.3 Å². The van der Waals surface area contributed by atoms with Crippen LogP contribution in [-0.2, 0) is 6.42 Å². The van der Waals surface area contributed by atoms with E-state index in [1.54, 1.807) is 6.07 Å². The number of aromatic nitrogens is 2. The number of rotatable bonds is 5. The summed E-state index contributed by atoms with van der Waals surface area (Å²) in [6, 6.07) is 10.1. The molecule has 1 aliphatic rings. The van der Waals surface area contributed by atoms with E-state index in [-0.39, 0.29) is 11.9 Å². The second kappa shape index (κ2) is 7.90. The molecule has 0 saturated heterocycles. The van der Waals surface area contributed by atoms with Gasteiger partial charge in [-0.05, 0) is 30.9 Å². The minimum Gasteiger partial charge on any atom is -0.348 e. The highest BCUT2D eigenvalue weighted by Crippen LogP contribution is 2.21. The number of hydrogen-bond donors (Lipinski definition) is 2. The molecule has 0 atom stereocenters. The molecule has 0 aliphatic heterocycles. The van der Waals surface area contributed by atoms with Crippen LogP contribution in [0.4, 0.5) is 11.5 Å². The lowest BCUT2D eigenvalue weighted by Crippen LogP contribution is -2.36. The van der Waals surface area contributed by atoms with Crippen LogP contribution in [0.5, 0.6) is 0 Å². The lowest BCUT2D eigenvalue weighted by Gasteiger charge is -2.22. The van der Waals surface area contributed by atoms with Gasteiger partial charge >= 0.3 is 0 Å². The van der Waals surface area contributed by atoms with E-state index >= 15 is 0 Å². The third-order valence-corrected chi connectivity index (χ3v) is 4.50. The lowest BCUT2D eigenvalue weighted by atomic mass is 9.95. The minimum absolute atomic E-state index is 0.115. The van der Waals surface area contributed by atoms with Crippen molar-refractivity contribution in [1.29, 1.82) is 0 Å². The van der Waals surface area contributed by atoms with Crippen LogP contribution in [0.25, 0.3) is 0 Å². The maximum Gasteiger partial charge on any atom is 0.270 e. The fraction of sp³-hybridized carbons (Fsp3) is 0.421. The molecule has 2 aromatic rings. The normalized spacial score (nSPS) is 15.0. The number of carbonyl (C=O) groups is 1. The van der Waals surface area contributed by atoms with Crippen molar-refractivity contribution in [3.63, 3.8) is 0 Å². The minimum atomic E-state index is -0.115. The molecule has 0 spiro atoms. The number of carbonyl (C=O) groups excluding carboxylic acids is 1. The Balaban J connectivity index is 1.70. The third kappa shape index (κ3) is 4.10. The molecule has 24 heavy (non-hydrogen) atoms. The first-order valence-corrected chi connectivity index (χ1v) is 8.74. The topological polar surface area (TPSA) is 66.9 Å². The number of anilines is 2. The summed E-state index contributed by atoms with van der Waals surface area (Å²) in [4.78, 5) is 20.8. The van der Waals surface area contributed by atoms with E-state index in [1.807, 2.05) is 18.2 Å². The summed E-state index contributed by atoms with van der Waals surface area (Å²) < 4.78 is 0. The molecule has 1 heterocycles. The summed E-state index contributed by atoms with van der Waals surface area (Å²) in [6.07, 6.45) is 8.14. The van der Waals surface area contributed by atoms with Crippen molar-refractivity contribution in [2.75, 3.05) is 5.32 Å². The van der Waals surface area contributed by atoms with Gasteiger partial charge in [0.05, 0.1) is 0 Å². The standard InChI is InChI=1S/C19H24N4O/c1-2-14-8-6-7-11-16(14)23-18-12-17(20-13-21-18)19(24)22-15-9-4-3-5-10-15/h6-8,11-13,15H,2-5,9-10H2,1H3,(H,22,24)(H,20,21,23). The Hall–Kier alpha value is -2.43. The molecule has 0 bridgehead atoms. The van der Waals surface area contributed by atoms with Crippen LogP contribution < -0.4 is 10.6 Å². The highest BCUT2D eigenvalue weighted by Gasteiger charge is 2.17. The zero-order valence-electron chi connectivity index (χ0n) is 14.1. The molecule has 5 heteroatoms. The molecule has 3 rings (SSSR count). The first-order chi connectivity index (χ1) is 11.8. The van der Waals surface area contributed by atoms with Crippen LogP contribution in [0.3, 0.4) is 0 Å². The quantitative estimate of drug-likeness (QED) is 0.877. The Morgan fingerprint density at radius 2 is 1.96 bits per heavy atom. The molecule has 2 N–H and O–H groups in total. The van der Waals surface area contributed by atoms with Crippen molar-refractivity contribution in [3.05, 3.63) is 47.9 Å². The van der Waals surface area contributed by atoms with Crippen molar-refractivity contribution >= 4 is 17.4 Å². The molecule has 126 valence electrons. The average molecular weight is 324 g/mol. The molecule has 0 unspecified atom stereocenters. The summed E-state index contributed by atoms with van der Waals surface area (Å²) in [5.41, 5.74) is 2.63.